The first-order valence-electron chi connectivity index (χ1n) is 8.04. The monoisotopic (exact) mass is 308 g/mol. The summed E-state index contributed by atoms with van der Waals surface area (Å²) >= 11 is 0. The van der Waals surface area contributed by atoms with E-state index in [9.17, 15) is 9.18 Å². The van der Waals surface area contributed by atoms with E-state index in [1.165, 1.54) is 0 Å². The van der Waals surface area contributed by atoms with Crippen LogP contribution in [0.3, 0.4) is 0 Å². The molecule has 1 fully saturated rings. The van der Waals surface area contributed by atoms with Crippen LogP contribution >= 0.6 is 0 Å². The summed E-state index contributed by atoms with van der Waals surface area (Å²) in [5.74, 6) is 0. The molecule has 1 aromatic rings. The number of hydrogen-bond donors (Lipinski definition) is 2. The first-order chi connectivity index (χ1) is 10.8. The quantitative estimate of drug-likeness (QED) is 0.761. The Morgan fingerprint density at radius 2 is 1.82 bits per heavy atom. The van der Waals surface area contributed by atoms with Gasteiger partial charge in [-0.25, -0.2) is 4.79 Å². The molecule has 1 aliphatic rings. The lowest BCUT2D eigenvalue weighted by molar-refractivity contribution is 0.132. The minimum absolute atomic E-state index is 0.183. The molecule has 22 heavy (non-hydrogen) atoms. The molecule has 0 atom stereocenters. The van der Waals surface area contributed by atoms with Crippen LogP contribution in [0.25, 0.3) is 0 Å². The zero-order chi connectivity index (χ0) is 15.6. The third kappa shape index (κ3) is 6.02. The maximum absolute atomic E-state index is 12.0. The van der Waals surface area contributed by atoms with Crippen LogP contribution in [0.4, 0.5) is 9.18 Å². The van der Waals surface area contributed by atoms with Crippen LogP contribution in [0.1, 0.15) is 37.7 Å². The summed E-state index contributed by atoms with van der Waals surface area (Å²) in [6, 6.07) is 10.3. The van der Waals surface area contributed by atoms with Crippen LogP contribution in [-0.4, -0.2) is 31.4 Å². The van der Waals surface area contributed by atoms with Crippen molar-refractivity contribution in [2.45, 2.75) is 50.8 Å². The molecule has 4 nitrogen and oxygen atoms in total. The SMILES string of the molecule is O=C(NC1CCC(NCCCF)CC1)OCc1ccccc1. The minimum Gasteiger partial charge on any atom is -0.445 e. The van der Waals surface area contributed by atoms with E-state index in [2.05, 4.69) is 10.6 Å². The van der Waals surface area contributed by atoms with Gasteiger partial charge >= 0.3 is 6.09 Å². The van der Waals surface area contributed by atoms with Gasteiger partial charge < -0.3 is 15.4 Å². The van der Waals surface area contributed by atoms with Crippen molar-refractivity contribution in [3.05, 3.63) is 35.9 Å². The summed E-state index contributed by atoms with van der Waals surface area (Å²) in [6.07, 6.45) is 4.12. The third-order valence-electron chi connectivity index (χ3n) is 4.01. The average molecular weight is 308 g/mol. The predicted molar refractivity (Wildman–Crippen MR) is 84.4 cm³/mol. The Kier molecular flexibility index (Phi) is 7.16. The maximum Gasteiger partial charge on any atom is 0.407 e. The van der Waals surface area contributed by atoms with E-state index in [1.54, 1.807) is 0 Å². The third-order valence-corrected chi connectivity index (χ3v) is 4.01. The Bertz CT molecular complexity index is 434. The molecule has 0 radical (unpaired) electrons. The molecule has 1 aliphatic carbocycles. The molecule has 0 spiro atoms. The van der Waals surface area contributed by atoms with Gasteiger partial charge in [0, 0.05) is 12.1 Å². The normalized spacial score (nSPS) is 21.3. The van der Waals surface area contributed by atoms with Gasteiger partial charge in [0.15, 0.2) is 0 Å². The van der Waals surface area contributed by atoms with E-state index < -0.39 is 0 Å². The minimum atomic E-state index is -0.349. The van der Waals surface area contributed by atoms with Crippen molar-refractivity contribution in [2.75, 3.05) is 13.2 Å². The highest BCUT2D eigenvalue weighted by Crippen LogP contribution is 2.18. The van der Waals surface area contributed by atoms with Gasteiger partial charge in [-0.05, 0) is 44.2 Å². The van der Waals surface area contributed by atoms with E-state index in [0.717, 1.165) is 37.8 Å². The number of benzene rings is 1. The van der Waals surface area contributed by atoms with Gasteiger partial charge in [0.2, 0.25) is 0 Å². The van der Waals surface area contributed by atoms with Crippen molar-refractivity contribution in [1.29, 1.82) is 0 Å². The number of alkyl carbamates (subject to hydrolysis) is 1. The van der Waals surface area contributed by atoms with Gasteiger partial charge in [-0.15, -0.1) is 0 Å². The number of ether oxygens (including phenoxy) is 1. The lowest BCUT2D eigenvalue weighted by Crippen LogP contribution is -2.42. The number of halogens is 1. The zero-order valence-electron chi connectivity index (χ0n) is 12.9. The molecule has 2 N–H and O–H groups in total. The molecule has 1 aromatic carbocycles. The van der Waals surface area contributed by atoms with Crippen molar-refractivity contribution in [3.8, 4) is 0 Å². The summed E-state index contributed by atoms with van der Waals surface area (Å²) in [7, 11) is 0. The van der Waals surface area contributed by atoms with Gasteiger partial charge in [-0.1, -0.05) is 30.3 Å². The van der Waals surface area contributed by atoms with Gasteiger partial charge in [0.1, 0.15) is 6.61 Å². The first kappa shape index (κ1) is 16.7. The summed E-state index contributed by atoms with van der Waals surface area (Å²) in [4.78, 5) is 11.8. The highest BCUT2D eigenvalue weighted by molar-refractivity contribution is 5.67. The molecule has 1 amide bonds. The van der Waals surface area contributed by atoms with Crippen molar-refractivity contribution in [2.24, 2.45) is 0 Å². The van der Waals surface area contributed by atoms with Crippen molar-refractivity contribution >= 4 is 6.09 Å². The van der Waals surface area contributed by atoms with Gasteiger partial charge in [-0.2, -0.15) is 0 Å². The second-order valence-electron chi connectivity index (χ2n) is 5.75. The lowest BCUT2D eigenvalue weighted by atomic mass is 9.91. The van der Waals surface area contributed by atoms with Gasteiger partial charge in [-0.3, -0.25) is 4.39 Å². The number of rotatable bonds is 7. The van der Waals surface area contributed by atoms with Crippen LogP contribution in [0.15, 0.2) is 30.3 Å². The topological polar surface area (TPSA) is 50.4 Å². The maximum atomic E-state index is 12.0. The Balaban J connectivity index is 1.60. The standard InChI is InChI=1S/C17H25FN2O2/c18-11-4-12-19-15-7-9-16(10-8-15)20-17(21)22-13-14-5-2-1-3-6-14/h1-3,5-6,15-16,19H,4,7-13H2,(H,20,21). The molecule has 0 heterocycles. The molecule has 0 aliphatic heterocycles. The summed E-state index contributed by atoms with van der Waals surface area (Å²) in [5.41, 5.74) is 0.985. The smallest absolute Gasteiger partial charge is 0.407 e. The van der Waals surface area contributed by atoms with Crippen molar-refractivity contribution in [1.82, 2.24) is 10.6 Å². The summed E-state index contributed by atoms with van der Waals surface area (Å²) in [6.45, 7) is 0.766. The molecule has 0 aromatic heterocycles. The van der Waals surface area contributed by atoms with E-state index in [4.69, 9.17) is 4.74 Å². The second kappa shape index (κ2) is 9.41. The Labute approximate surface area is 131 Å². The van der Waals surface area contributed by atoms with Crippen molar-refractivity contribution in [3.63, 3.8) is 0 Å². The van der Waals surface area contributed by atoms with Crippen LogP contribution in [0, 0.1) is 0 Å². The van der Waals surface area contributed by atoms with E-state index >= 15 is 0 Å². The molecule has 122 valence electrons. The molecule has 0 saturated heterocycles. The zero-order valence-corrected chi connectivity index (χ0v) is 12.9. The Morgan fingerprint density at radius 3 is 2.50 bits per heavy atom. The first-order valence-corrected chi connectivity index (χ1v) is 8.04. The fourth-order valence-corrected chi connectivity index (χ4v) is 2.75. The molecule has 0 bridgehead atoms. The lowest BCUT2D eigenvalue weighted by Gasteiger charge is -2.29. The molecule has 1 saturated carbocycles. The van der Waals surface area contributed by atoms with Crippen LogP contribution in [0.5, 0.6) is 0 Å². The van der Waals surface area contributed by atoms with E-state index in [0.29, 0.717) is 19.1 Å². The Hall–Kier alpha value is -1.62. The Morgan fingerprint density at radius 1 is 1.14 bits per heavy atom. The van der Waals surface area contributed by atoms with Gasteiger partial charge in [0.05, 0.1) is 6.67 Å². The largest absolute Gasteiger partial charge is 0.445 e. The average Bonchev–Trinajstić information content (AvgIpc) is 2.56. The summed E-state index contributed by atoms with van der Waals surface area (Å²) in [5, 5.41) is 6.29. The second-order valence-corrected chi connectivity index (χ2v) is 5.75. The number of carbonyl (C=O) groups excluding carboxylic acids is 1. The molecule has 0 unspecified atom stereocenters. The predicted octanol–water partition coefficient (Wildman–Crippen LogP) is 3.17. The fourth-order valence-electron chi connectivity index (χ4n) is 2.75. The van der Waals surface area contributed by atoms with Gasteiger partial charge in [0.25, 0.3) is 0 Å². The fraction of sp³-hybridized carbons (Fsp3) is 0.588. The van der Waals surface area contributed by atoms with Crippen LogP contribution in [-0.2, 0) is 11.3 Å². The number of carbonyl (C=O) groups is 1. The molecule has 5 heteroatoms. The number of hydrogen-bond acceptors (Lipinski definition) is 3. The number of amides is 1. The number of nitrogens with one attached hydrogen (secondary N) is 2. The number of alkyl halides is 1. The highest BCUT2D eigenvalue weighted by Gasteiger charge is 2.22. The van der Waals surface area contributed by atoms with Crippen molar-refractivity contribution < 1.29 is 13.9 Å². The van der Waals surface area contributed by atoms with E-state index in [-0.39, 0.29) is 18.8 Å². The molecule has 2 rings (SSSR count). The van der Waals surface area contributed by atoms with Crippen LogP contribution < -0.4 is 10.6 Å². The summed E-state index contributed by atoms with van der Waals surface area (Å²) < 4.78 is 17.3. The highest BCUT2D eigenvalue weighted by atomic mass is 19.1. The van der Waals surface area contributed by atoms with Crippen LogP contribution in [0.2, 0.25) is 0 Å². The molecular weight excluding hydrogens is 283 g/mol. The molecular formula is C17H25FN2O2. The van der Waals surface area contributed by atoms with E-state index in [1.807, 2.05) is 30.3 Å².